The largest absolute Gasteiger partial charge is 0.374 e. The maximum atomic E-state index is 5.62. The van der Waals surface area contributed by atoms with Gasteiger partial charge in [0.1, 0.15) is 5.15 Å². The third-order valence-corrected chi connectivity index (χ3v) is 1.60. The highest BCUT2D eigenvalue weighted by atomic mass is 35.5. The molecule has 0 saturated heterocycles. The number of hydrogen-bond acceptors (Lipinski definition) is 2. The predicted molar refractivity (Wildman–Crippen MR) is 49.2 cm³/mol. The lowest BCUT2D eigenvalue weighted by molar-refractivity contribution is 0.0655. The molecule has 0 aromatic carbocycles. The van der Waals surface area contributed by atoms with Gasteiger partial charge in [0, 0.05) is 6.20 Å². The van der Waals surface area contributed by atoms with Gasteiger partial charge in [0.2, 0.25) is 0 Å². The summed E-state index contributed by atoms with van der Waals surface area (Å²) in [5.74, 6) is 0. The Morgan fingerprint density at radius 1 is 1.50 bits per heavy atom. The van der Waals surface area contributed by atoms with Crippen LogP contribution in [-0.2, 0) is 11.3 Å². The minimum atomic E-state index is 0.251. The van der Waals surface area contributed by atoms with Crippen LogP contribution in [0.3, 0.4) is 0 Å². The topological polar surface area (TPSA) is 22.1 Å². The van der Waals surface area contributed by atoms with Crippen molar-refractivity contribution in [2.45, 2.75) is 26.6 Å². The Balaban J connectivity index is 2.48. The number of nitrogens with zero attached hydrogens (tertiary/aromatic N) is 1. The molecule has 2 nitrogen and oxygen atoms in total. The van der Waals surface area contributed by atoms with Crippen molar-refractivity contribution in [3.05, 3.63) is 29.0 Å². The Kier molecular flexibility index (Phi) is 3.50. The third-order valence-electron chi connectivity index (χ3n) is 1.37. The normalized spacial score (nSPS) is 10.7. The van der Waals surface area contributed by atoms with E-state index >= 15 is 0 Å². The van der Waals surface area contributed by atoms with Crippen molar-refractivity contribution >= 4 is 11.6 Å². The molecule has 1 aromatic heterocycles. The second-order valence-corrected chi connectivity index (χ2v) is 3.24. The Morgan fingerprint density at radius 2 is 2.25 bits per heavy atom. The van der Waals surface area contributed by atoms with Crippen LogP contribution in [0, 0.1) is 0 Å². The molecule has 0 aliphatic carbocycles. The summed E-state index contributed by atoms with van der Waals surface area (Å²) in [6.45, 7) is 4.61. The van der Waals surface area contributed by atoms with Crippen LogP contribution in [0.5, 0.6) is 0 Å². The van der Waals surface area contributed by atoms with Crippen LogP contribution in [0.15, 0.2) is 18.3 Å². The van der Waals surface area contributed by atoms with Crippen LogP contribution in [0.2, 0.25) is 5.15 Å². The van der Waals surface area contributed by atoms with Crippen LogP contribution < -0.4 is 0 Å². The second kappa shape index (κ2) is 4.43. The summed E-state index contributed by atoms with van der Waals surface area (Å²) >= 11 is 5.62. The molecule has 1 rings (SSSR count). The molecule has 0 atom stereocenters. The van der Waals surface area contributed by atoms with Gasteiger partial charge in [-0.1, -0.05) is 17.7 Å². The fourth-order valence-electron chi connectivity index (χ4n) is 0.755. The second-order valence-electron chi connectivity index (χ2n) is 2.85. The molecule has 0 aliphatic rings. The average molecular weight is 186 g/mol. The molecule has 0 fully saturated rings. The first-order chi connectivity index (χ1) is 5.68. The summed E-state index contributed by atoms with van der Waals surface area (Å²) in [7, 11) is 0. The van der Waals surface area contributed by atoms with E-state index in [0.29, 0.717) is 11.8 Å². The highest BCUT2D eigenvalue weighted by Gasteiger charge is 1.96. The summed E-state index contributed by atoms with van der Waals surface area (Å²) in [5, 5.41) is 0.517. The number of pyridine rings is 1. The van der Waals surface area contributed by atoms with Gasteiger partial charge in [-0.2, -0.15) is 0 Å². The summed E-state index contributed by atoms with van der Waals surface area (Å²) in [6, 6.07) is 3.68. The van der Waals surface area contributed by atoms with Crippen LogP contribution >= 0.6 is 11.6 Å². The van der Waals surface area contributed by atoms with Crippen molar-refractivity contribution in [1.82, 2.24) is 4.98 Å². The zero-order valence-electron chi connectivity index (χ0n) is 7.25. The lowest BCUT2D eigenvalue weighted by atomic mass is 10.3. The molecule has 0 spiro atoms. The third kappa shape index (κ3) is 3.20. The van der Waals surface area contributed by atoms with Crippen molar-refractivity contribution in [1.29, 1.82) is 0 Å². The molecule has 0 bridgehead atoms. The van der Waals surface area contributed by atoms with E-state index in [9.17, 15) is 0 Å². The molecule has 0 saturated carbocycles. The van der Waals surface area contributed by atoms with Gasteiger partial charge >= 0.3 is 0 Å². The van der Waals surface area contributed by atoms with Gasteiger partial charge in [-0.15, -0.1) is 0 Å². The molecule has 0 aliphatic heterocycles. The maximum absolute atomic E-state index is 5.62. The van der Waals surface area contributed by atoms with Gasteiger partial charge in [0.15, 0.2) is 0 Å². The number of halogens is 1. The van der Waals surface area contributed by atoms with Crippen molar-refractivity contribution in [3.8, 4) is 0 Å². The van der Waals surface area contributed by atoms with E-state index in [1.807, 2.05) is 19.9 Å². The summed E-state index contributed by atoms with van der Waals surface area (Å²) in [5.41, 5.74) is 1.05. The van der Waals surface area contributed by atoms with Gasteiger partial charge in [-0.05, 0) is 25.5 Å². The minimum absolute atomic E-state index is 0.251. The van der Waals surface area contributed by atoms with Crippen molar-refractivity contribution in [3.63, 3.8) is 0 Å². The molecule has 12 heavy (non-hydrogen) atoms. The van der Waals surface area contributed by atoms with Gasteiger partial charge in [0.25, 0.3) is 0 Å². The first kappa shape index (κ1) is 9.49. The monoisotopic (exact) mass is 185 g/mol. The molecule has 66 valence electrons. The zero-order valence-corrected chi connectivity index (χ0v) is 8.01. The van der Waals surface area contributed by atoms with Crippen LogP contribution in [0.1, 0.15) is 19.4 Å². The zero-order chi connectivity index (χ0) is 8.97. The fourth-order valence-corrected chi connectivity index (χ4v) is 0.867. The van der Waals surface area contributed by atoms with E-state index in [1.54, 1.807) is 12.3 Å². The Hall–Kier alpha value is -0.600. The Morgan fingerprint density at radius 3 is 2.75 bits per heavy atom. The van der Waals surface area contributed by atoms with Gasteiger partial charge in [0.05, 0.1) is 12.7 Å². The van der Waals surface area contributed by atoms with Crippen molar-refractivity contribution in [2.75, 3.05) is 0 Å². The van der Waals surface area contributed by atoms with E-state index in [1.165, 1.54) is 0 Å². The fraction of sp³-hybridized carbons (Fsp3) is 0.444. The number of aromatic nitrogens is 1. The Labute approximate surface area is 77.5 Å². The number of ether oxygens (including phenoxy) is 1. The van der Waals surface area contributed by atoms with Crippen LogP contribution in [-0.4, -0.2) is 11.1 Å². The SMILES string of the molecule is CC(C)OCc1ccc(Cl)nc1. The van der Waals surface area contributed by atoms with E-state index < -0.39 is 0 Å². The highest BCUT2D eigenvalue weighted by Crippen LogP contribution is 2.06. The summed E-state index contributed by atoms with van der Waals surface area (Å²) in [6.07, 6.45) is 1.98. The van der Waals surface area contributed by atoms with Gasteiger partial charge < -0.3 is 4.74 Å². The van der Waals surface area contributed by atoms with Gasteiger partial charge in [-0.25, -0.2) is 4.98 Å². The average Bonchev–Trinajstić information content (AvgIpc) is 2.03. The molecule has 0 N–H and O–H groups in total. The predicted octanol–water partition coefficient (Wildman–Crippen LogP) is 2.66. The molecule has 0 amide bonds. The quantitative estimate of drug-likeness (QED) is 0.676. The Bertz CT molecular complexity index is 233. The molecule has 1 aromatic rings. The van der Waals surface area contributed by atoms with E-state index in [4.69, 9.17) is 16.3 Å². The van der Waals surface area contributed by atoms with E-state index in [0.717, 1.165) is 5.56 Å². The van der Waals surface area contributed by atoms with Crippen LogP contribution in [0.4, 0.5) is 0 Å². The van der Waals surface area contributed by atoms with E-state index in [-0.39, 0.29) is 6.10 Å². The summed E-state index contributed by atoms with van der Waals surface area (Å²) < 4.78 is 5.38. The molecular weight excluding hydrogens is 174 g/mol. The first-order valence-corrected chi connectivity index (χ1v) is 4.28. The lowest BCUT2D eigenvalue weighted by Gasteiger charge is -2.06. The van der Waals surface area contributed by atoms with Gasteiger partial charge in [-0.3, -0.25) is 0 Å². The number of hydrogen-bond donors (Lipinski definition) is 0. The lowest BCUT2D eigenvalue weighted by Crippen LogP contribution is -2.02. The van der Waals surface area contributed by atoms with Crippen molar-refractivity contribution in [2.24, 2.45) is 0 Å². The molecule has 1 heterocycles. The minimum Gasteiger partial charge on any atom is -0.374 e. The number of rotatable bonds is 3. The van der Waals surface area contributed by atoms with Crippen LogP contribution in [0.25, 0.3) is 0 Å². The van der Waals surface area contributed by atoms with Crippen molar-refractivity contribution < 1.29 is 4.74 Å². The maximum Gasteiger partial charge on any atom is 0.129 e. The standard InChI is InChI=1S/C9H12ClNO/c1-7(2)12-6-8-3-4-9(10)11-5-8/h3-5,7H,6H2,1-2H3. The molecule has 0 unspecified atom stereocenters. The molecule has 3 heteroatoms. The molecule has 0 radical (unpaired) electrons. The van der Waals surface area contributed by atoms with E-state index in [2.05, 4.69) is 4.98 Å². The first-order valence-electron chi connectivity index (χ1n) is 3.90. The summed E-state index contributed by atoms with van der Waals surface area (Å²) in [4.78, 5) is 3.94. The molecular formula is C9H12ClNO. The highest BCUT2D eigenvalue weighted by molar-refractivity contribution is 6.29. The smallest absolute Gasteiger partial charge is 0.129 e.